The van der Waals surface area contributed by atoms with Crippen molar-refractivity contribution in [3.63, 3.8) is 0 Å². The lowest BCUT2D eigenvalue weighted by molar-refractivity contribution is 0.142. The average molecular weight is 961 g/mol. The molecule has 4 aliphatic rings. The Kier molecular flexibility index (Phi) is 18.1. The Morgan fingerprint density at radius 1 is 0.493 bits per heavy atom. The van der Waals surface area contributed by atoms with Crippen LogP contribution in [0.15, 0.2) is 0 Å². The van der Waals surface area contributed by atoms with Gasteiger partial charge in [0.05, 0.1) is 14.2 Å². The van der Waals surface area contributed by atoms with E-state index in [1.165, 1.54) is 70.6 Å². The number of hydrogen-bond acceptors (Lipinski definition) is 14. The zero-order valence-corrected chi connectivity index (χ0v) is 46.7. The Hall–Kier alpha value is -3.26. The Balaban J connectivity index is 1.18. The van der Waals surface area contributed by atoms with E-state index in [1.807, 2.05) is 0 Å². The highest BCUT2D eigenvalue weighted by atomic mass is 16.5. The molecule has 4 heterocycles. The molecule has 392 valence electrons. The van der Waals surface area contributed by atoms with E-state index < -0.39 is 0 Å². The van der Waals surface area contributed by atoms with Crippen LogP contribution in [0.2, 0.25) is 0 Å². The van der Waals surface area contributed by atoms with Gasteiger partial charge in [0.2, 0.25) is 23.8 Å². The number of piperidine rings is 2. The standard InChI is InChI=1S/C55H100N12O2/c1-17-19-21-31-50(3,4)62-44-56-46(60-48(58-44)68-15)66(42-34-52(7,8)64-53(9,10)35-42)40-27-23-38(24-28-40)33-39-25-29-41(30-26-39)67(43-36-54(11,12)65-55(13,14)37-43)47-57-45(59-49(61-47)69-16)63-51(5,6)32-22-20-18-2/h38-43,64-65H,17-37H2,1-16H3,(H,56,58,60,62)(H,57,59,61,63). The molecule has 0 aromatic carbocycles. The Morgan fingerprint density at radius 2 is 0.826 bits per heavy atom. The smallest absolute Gasteiger partial charge is 0.322 e. The van der Waals surface area contributed by atoms with Gasteiger partial charge in [-0.25, -0.2) is 0 Å². The number of unbranched alkanes of at least 4 members (excludes halogenated alkanes) is 4. The van der Waals surface area contributed by atoms with Gasteiger partial charge >= 0.3 is 12.0 Å². The van der Waals surface area contributed by atoms with Gasteiger partial charge in [-0.15, -0.1) is 0 Å². The van der Waals surface area contributed by atoms with Crippen LogP contribution in [0.1, 0.15) is 232 Å². The predicted molar refractivity (Wildman–Crippen MR) is 286 cm³/mol. The third-order valence-corrected chi connectivity index (χ3v) is 16.0. The number of nitrogens with one attached hydrogen (secondary N) is 4. The summed E-state index contributed by atoms with van der Waals surface area (Å²) in [5.41, 5.74) is -0.368. The second-order valence-electron chi connectivity index (χ2n) is 26.1. The molecule has 0 bridgehead atoms. The first-order valence-corrected chi connectivity index (χ1v) is 27.6. The minimum atomic E-state index is -0.148. The molecular weight excluding hydrogens is 861 g/mol. The van der Waals surface area contributed by atoms with Crippen LogP contribution in [-0.2, 0) is 0 Å². The van der Waals surface area contributed by atoms with Crippen LogP contribution < -0.4 is 40.5 Å². The summed E-state index contributed by atoms with van der Waals surface area (Å²) in [4.78, 5) is 35.3. The number of ether oxygens (including phenoxy) is 2. The minimum absolute atomic E-state index is 0.0182. The van der Waals surface area contributed by atoms with Gasteiger partial charge in [0.15, 0.2) is 0 Å². The normalized spacial score (nSPS) is 25.2. The quantitative estimate of drug-likeness (QED) is 0.0829. The molecule has 2 aromatic heterocycles. The fraction of sp³-hybridized carbons (Fsp3) is 0.891. The van der Waals surface area contributed by atoms with Gasteiger partial charge in [-0.1, -0.05) is 52.4 Å². The summed E-state index contributed by atoms with van der Waals surface area (Å²) in [5.74, 6) is 4.19. The fourth-order valence-corrected chi connectivity index (χ4v) is 13.5. The van der Waals surface area contributed by atoms with E-state index in [-0.39, 0.29) is 45.3 Å². The van der Waals surface area contributed by atoms with Gasteiger partial charge in [-0.2, -0.15) is 29.9 Å². The molecule has 0 amide bonds. The van der Waals surface area contributed by atoms with Crippen LogP contribution >= 0.6 is 0 Å². The Morgan fingerprint density at radius 3 is 1.13 bits per heavy atom. The first-order valence-electron chi connectivity index (χ1n) is 27.6. The number of aromatic nitrogens is 6. The van der Waals surface area contributed by atoms with E-state index in [0.29, 0.717) is 36.0 Å². The fourth-order valence-electron chi connectivity index (χ4n) is 13.5. The lowest BCUT2D eigenvalue weighted by Crippen LogP contribution is -2.63. The summed E-state index contributed by atoms with van der Waals surface area (Å²) in [5, 5.41) is 15.3. The summed E-state index contributed by atoms with van der Waals surface area (Å²) >= 11 is 0. The molecule has 2 aliphatic carbocycles. The van der Waals surface area contributed by atoms with Crippen LogP contribution in [0.3, 0.4) is 0 Å². The van der Waals surface area contributed by atoms with Gasteiger partial charge in [0.25, 0.3) is 0 Å². The second-order valence-corrected chi connectivity index (χ2v) is 26.1. The van der Waals surface area contributed by atoms with Gasteiger partial charge in [0.1, 0.15) is 0 Å². The minimum Gasteiger partial charge on any atom is -0.467 e. The summed E-state index contributed by atoms with van der Waals surface area (Å²) in [6, 6.07) is 2.06. The third kappa shape index (κ3) is 15.9. The summed E-state index contributed by atoms with van der Waals surface area (Å²) < 4.78 is 11.6. The average Bonchev–Trinajstić information content (AvgIpc) is 3.22. The van der Waals surface area contributed by atoms with Crippen molar-refractivity contribution in [3.8, 4) is 12.0 Å². The van der Waals surface area contributed by atoms with E-state index >= 15 is 0 Å². The topological polar surface area (TPSA) is 150 Å². The number of rotatable bonds is 22. The number of hydrogen-bond donors (Lipinski definition) is 4. The first-order chi connectivity index (χ1) is 32.3. The van der Waals surface area contributed by atoms with Crippen LogP contribution in [0, 0.1) is 11.8 Å². The largest absolute Gasteiger partial charge is 0.467 e. The van der Waals surface area contributed by atoms with Crippen molar-refractivity contribution in [3.05, 3.63) is 0 Å². The van der Waals surface area contributed by atoms with Gasteiger partial charge < -0.3 is 40.5 Å². The Bertz CT molecular complexity index is 1750. The number of anilines is 4. The maximum atomic E-state index is 5.80. The lowest BCUT2D eigenvalue weighted by Gasteiger charge is -2.52. The van der Waals surface area contributed by atoms with Gasteiger partial charge in [-0.05, 0) is 191 Å². The van der Waals surface area contributed by atoms with Crippen molar-refractivity contribution in [2.45, 2.75) is 289 Å². The van der Waals surface area contributed by atoms with Crippen molar-refractivity contribution < 1.29 is 9.47 Å². The van der Waals surface area contributed by atoms with Crippen molar-refractivity contribution in [2.24, 2.45) is 11.8 Å². The number of methoxy groups -OCH3 is 2. The highest BCUT2D eigenvalue weighted by molar-refractivity contribution is 5.44. The van der Waals surface area contributed by atoms with E-state index in [4.69, 9.17) is 39.4 Å². The van der Waals surface area contributed by atoms with Crippen molar-refractivity contribution >= 4 is 23.8 Å². The molecular formula is C55H100N12O2. The number of nitrogens with zero attached hydrogens (tertiary/aromatic N) is 8. The zero-order chi connectivity index (χ0) is 50.4. The van der Waals surface area contributed by atoms with E-state index in [2.05, 4.69) is 128 Å². The summed E-state index contributed by atoms with van der Waals surface area (Å²) in [6.45, 7) is 32.3. The molecule has 2 aromatic rings. The molecule has 0 unspecified atom stereocenters. The van der Waals surface area contributed by atoms with E-state index in [9.17, 15) is 0 Å². The summed E-state index contributed by atoms with van der Waals surface area (Å²) in [7, 11) is 3.35. The molecule has 4 fully saturated rings. The molecule has 69 heavy (non-hydrogen) atoms. The monoisotopic (exact) mass is 961 g/mol. The predicted octanol–water partition coefficient (Wildman–Crippen LogP) is 12.1. The summed E-state index contributed by atoms with van der Waals surface area (Å²) in [6.07, 6.45) is 24.2. The molecule has 0 radical (unpaired) electrons. The van der Waals surface area contributed by atoms with Crippen molar-refractivity contribution in [1.82, 2.24) is 40.5 Å². The van der Waals surface area contributed by atoms with Crippen LogP contribution in [-0.4, -0.2) is 102 Å². The van der Waals surface area contributed by atoms with Crippen LogP contribution in [0.25, 0.3) is 0 Å². The van der Waals surface area contributed by atoms with E-state index in [0.717, 1.165) is 87.9 Å². The molecule has 2 saturated carbocycles. The Labute approximate surface area is 420 Å². The van der Waals surface area contributed by atoms with Crippen LogP contribution in [0.5, 0.6) is 12.0 Å². The molecule has 4 N–H and O–H groups in total. The molecule has 2 saturated heterocycles. The van der Waals surface area contributed by atoms with Crippen LogP contribution in [0.4, 0.5) is 23.8 Å². The van der Waals surface area contributed by atoms with Gasteiger partial charge in [-0.3, -0.25) is 0 Å². The van der Waals surface area contributed by atoms with Gasteiger partial charge in [0, 0.05) is 57.4 Å². The molecule has 6 rings (SSSR count). The SMILES string of the molecule is CCCCCC(C)(C)Nc1nc(OC)nc(N(C2CCC(CC3CCC(N(c4nc(NC(C)(C)CCCCC)nc(OC)n4)C4CC(C)(C)NC(C)(C)C4)CC3)CC2)C2CC(C)(C)NC(C)(C)C2)n1. The maximum Gasteiger partial charge on any atom is 0.322 e. The second kappa shape index (κ2) is 22.7. The molecule has 0 spiro atoms. The molecule has 0 atom stereocenters. The molecule has 14 nitrogen and oxygen atoms in total. The molecule has 2 aliphatic heterocycles. The third-order valence-electron chi connectivity index (χ3n) is 16.0. The lowest BCUT2D eigenvalue weighted by atomic mass is 9.73. The maximum absolute atomic E-state index is 5.80. The highest BCUT2D eigenvalue weighted by Crippen LogP contribution is 2.44. The van der Waals surface area contributed by atoms with Crippen molar-refractivity contribution in [2.75, 3.05) is 34.7 Å². The van der Waals surface area contributed by atoms with Crippen molar-refractivity contribution in [1.29, 1.82) is 0 Å². The highest BCUT2D eigenvalue weighted by Gasteiger charge is 2.46. The van der Waals surface area contributed by atoms with E-state index in [1.54, 1.807) is 14.2 Å². The zero-order valence-electron chi connectivity index (χ0n) is 46.7. The molecule has 14 heteroatoms. The first kappa shape index (κ1) is 55.1.